The van der Waals surface area contributed by atoms with Crippen LogP contribution in [0.1, 0.15) is 5.56 Å². The van der Waals surface area contributed by atoms with E-state index < -0.39 is 0 Å². The number of benzene rings is 8. The minimum Gasteiger partial charge on any atom is -0.310 e. The van der Waals surface area contributed by atoms with Crippen molar-refractivity contribution in [3.05, 3.63) is 229 Å². The first-order valence-electron chi connectivity index (χ1n) is 21.0. The minimum atomic E-state index is 0.608. The molecule has 0 aliphatic rings. The van der Waals surface area contributed by atoms with Crippen molar-refractivity contribution in [2.45, 2.75) is 0 Å². The van der Waals surface area contributed by atoms with E-state index in [1.807, 2.05) is 48.7 Å². The molecule has 0 aliphatic heterocycles. The van der Waals surface area contributed by atoms with Crippen LogP contribution in [0.2, 0.25) is 0 Å². The molecule has 0 bridgehead atoms. The molecule has 296 valence electrons. The Bertz CT molecular complexity index is 3560. The molecule has 3 aromatic heterocycles. The van der Waals surface area contributed by atoms with E-state index in [0.717, 1.165) is 98.8 Å². The molecule has 0 atom stereocenters. The number of pyridine rings is 1. The summed E-state index contributed by atoms with van der Waals surface area (Å²) >= 11 is 0. The maximum Gasteiger partial charge on any atom is 0.164 e. The van der Waals surface area contributed by atoms with Crippen LogP contribution in [0.4, 0.5) is 0 Å². The summed E-state index contributed by atoms with van der Waals surface area (Å²) in [6.07, 6.45) is 5.87. The molecule has 0 unspecified atom stereocenters. The third kappa shape index (κ3) is 6.78. The van der Waals surface area contributed by atoms with Crippen molar-refractivity contribution >= 4 is 50.7 Å². The highest BCUT2D eigenvalue weighted by Gasteiger charge is 2.18. The number of nitrogens with zero attached hydrogens (tertiary/aromatic N) is 5. The first kappa shape index (κ1) is 37.5. The first-order valence-corrected chi connectivity index (χ1v) is 21.0. The summed E-state index contributed by atoms with van der Waals surface area (Å²) in [5.41, 5.74) is 11.4. The number of allylic oxidation sites excluding steroid dienone is 1. The van der Waals surface area contributed by atoms with Crippen molar-refractivity contribution in [1.29, 1.82) is 0 Å². The number of fused-ring (bicyclic) bond motifs is 3. The monoisotopic (exact) mass is 805 g/mol. The highest BCUT2D eigenvalue weighted by molar-refractivity contribution is 6.21. The average Bonchev–Trinajstić information content (AvgIpc) is 3.63. The van der Waals surface area contributed by atoms with Gasteiger partial charge in [-0.05, 0) is 85.3 Å². The second-order valence-corrected chi connectivity index (χ2v) is 15.6. The molecule has 8 aromatic carbocycles. The summed E-state index contributed by atoms with van der Waals surface area (Å²) in [5, 5.41) is 7.70. The molecule has 3 heterocycles. The van der Waals surface area contributed by atoms with Crippen LogP contribution in [0.5, 0.6) is 0 Å². The molecule has 0 N–H and O–H groups in total. The molecule has 11 rings (SSSR count). The first-order chi connectivity index (χ1) is 31.1. The standard InChI is InChI=1S/C58H39N5/c1-38(36-52-39(2)63(46-19-7-4-8-20-46)53-26-14-13-21-47(52)53)54-48-22-9-11-24-50(48)55(51-25-12-10-23-49(51)54)41-29-33-44(34-30-41)58-61-56(42-16-5-3-6-17-42)60-57(62-58)43-31-27-40(28-32-43)45-18-15-35-59-37-45/h3-37H,1-2H2/b52-36+. The molecule has 0 saturated carbocycles. The Kier molecular flexibility index (Phi) is 9.40. The Balaban J connectivity index is 1.02. The molecule has 0 aliphatic carbocycles. The molecule has 5 nitrogen and oxygen atoms in total. The third-order valence-corrected chi connectivity index (χ3v) is 11.8. The van der Waals surface area contributed by atoms with Gasteiger partial charge in [0, 0.05) is 50.7 Å². The molecular weight excluding hydrogens is 767 g/mol. The van der Waals surface area contributed by atoms with Gasteiger partial charge in [0.15, 0.2) is 17.5 Å². The van der Waals surface area contributed by atoms with E-state index in [1.54, 1.807) is 6.20 Å². The van der Waals surface area contributed by atoms with Gasteiger partial charge in [-0.15, -0.1) is 0 Å². The molecule has 63 heavy (non-hydrogen) atoms. The lowest BCUT2D eigenvalue weighted by molar-refractivity contribution is 1.07. The van der Waals surface area contributed by atoms with E-state index in [2.05, 4.69) is 174 Å². The Morgan fingerprint density at radius 1 is 0.429 bits per heavy atom. The van der Waals surface area contributed by atoms with Crippen molar-refractivity contribution in [3.63, 3.8) is 0 Å². The van der Waals surface area contributed by atoms with Crippen molar-refractivity contribution < 1.29 is 0 Å². The molecule has 0 amide bonds. The predicted octanol–water partition coefficient (Wildman–Crippen LogP) is 12.8. The second kappa shape index (κ2) is 15.8. The van der Waals surface area contributed by atoms with E-state index >= 15 is 0 Å². The number of hydrogen-bond donors (Lipinski definition) is 0. The Morgan fingerprint density at radius 3 is 1.46 bits per heavy atom. The smallest absolute Gasteiger partial charge is 0.164 e. The fourth-order valence-electron chi connectivity index (χ4n) is 8.86. The van der Waals surface area contributed by atoms with Gasteiger partial charge >= 0.3 is 0 Å². The van der Waals surface area contributed by atoms with Crippen LogP contribution in [0, 0.1) is 0 Å². The molecule has 11 aromatic rings. The lowest BCUT2D eigenvalue weighted by Crippen LogP contribution is -2.26. The summed E-state index contributed by atoms with van der Waals surface area (Å²) in [5.74, 6) is 1.84. The fraction of sp³-hybridized carbons (Fsp3) is 0. The maximum atomic E-state index is 5.06. The van der Waals surface area contributed by atoms with Crippen molar-refractivity contribution in [2.75, 3.05) is 0 Å². The van der Waals surface area contributed by atoms with Crippen LogP contribution in [0.25, 0.3) is 113 Å². The van der Waals surface area contributed by atoms with Crippen LogP contribution in [0.15, 0.2) is 213 Å². The van der Waals surface area contributed by atoms with E-state index in [0.29, 0.717) is 17.5 Å². The van der Waals surface area contributed by atoms with Gasteiger partial charge in [-0.1, -0.05) is 183 Å². The van der Waals surface area contributed by atoms with E-state index in [4.69, 9.17) is 21.5 Å². The van der Waals surface area contributed by atoms with Gasteiger partial charge in [0.2, 0.25) is 0 Å². The summed E-state index contributed by atoms with van der Waals surface area (Å²) in [6, 6.07) is 67.3. The average molecular weight is 806 g/mol. The van der Waals surface area contributed by atoms with Crippen LogP contribution in [-0.4, -0.2) is 24.5 Å². The highest BCUT2D eigenvalue weighted by Crippen LogP contribution is 2.42. The quantitative estimate of drug-likeness (QED) is 0.144. The number of hydrogen-bond acceptors (Lipinski definition) is 4. The van der Waals surface area contributed by atoms with Gasteiger partial charge in [0.1, 0.15) is 0 Å². The van der Waals surface area contributed by atoms with E-state index in [1.165, 1.54) is 0 Å². The van der Waals surface area contributed by atoms with Crippen molar-refractivity contribution in [1.82, 2.24) is 24.5 Å². The number of rotatable bonds is 8. The second-order valence-electron chi connectivity index (χ2n) is 15.6. The molecule has 0 saturated heterocycles. The van der Waals surface area contributed by atoms with E-state index in [-0.39, 0.29) is 0 Å². The zero-order valence-corrected chi connectivity index (χ0v) is 34.4. The molecule has 0 spiro atoms. The Labute approximate surface area is 365 Å². The van der Waals surface area contributed by atoms with Crippen LogP contribution in [-0.2, 0) is 0 Å². The largest absolute Gasteiger partial charge is 0.310 e. The van der Waals surface area contributed by atoms with Gasteiger partial charge in [-0.3, -0.25) is 4.98 Å². The summed E-state index contributed by atoms with van der Waals surface area (Å²) in [4.78, 5) is 19.3. The van der Waals surface area contributed by atoms with Crippen molar-refractivity contribution in [3.8, 4) is 62.1 Å². The van der Waals surface area contributed by atoms with Crippen LogP contribution < -0.4 is 10.6 Å². The van der Waals surface area contributed by atoms with Gasteiger partial charge in [0.25, 0.3) is 0 Å². The Hall–Kier alpha value is -8.54. The molecule has 0 fully saturated rings. The predicted molar refractivity (Wildman–Crippen MR) is 261 cm³/mol. The zero-order valence-electron chi connectivity index (χ0n) is 34.4. The lowest BCUT2D eigenvalue weighted by Gasteiger charge is -2.18. The number of aromatic nitrogens is 5. The minimum absolute atomic E-state index is 0.608. The van der Waals surface area contributed by atoms with Crippen molar-refractivity contribution in [2.24, 2.45) is 0 Å². The van der Waals surface area contributed by atoms with Gasteiger partial charge < -0.3 is 4.57 Å². The summed E-state index contributed by atoms with van der Waals surface area (Å²) < 4.78 is 2.24. The molecule has 0 radical (unpaired) electrons. The topological polar surface area (TPSA) is 56.5 Å². The normalized spacial score (nSPS) is 11.7. The summed E-state index contributed by atoms with van der Waals surface area (Å²) in [7, 11) is 0. The summed E-state index contributed by atoms with van der Waals surface area (Å²) in [6.45, 7) is 9.38. The van der Waals surface area contributed by atoms with E-state index in [9.17, 15) is 0 Å². The Morgan fingerprint density at radius 2 is 0.889 bits per heavy atom. The fourth-order valence-corrected chi connectivity index (χ4v) is 8.86. The zero-order chi connectivity index (χ0) is 42.3. The lowest BCUT2D eigenvalue weighted by atomic mass is 9.86. The molecule has 5 heteroatoms. The van der Waals surface area contributed by atoms with Gasteiger partial charge in [-0.25, -0.2) is 15.0 Å². The van der Waals surface area contributed by atoms with Crippen LogP contribution in [0.3, 0.4) is 0 Å². The SMILES string of the molecule is C=C(/C=c1\c(=C)n(-c2ccccc2)c2ccccc12)c1c2ccccc2c(-c2ccc(-c3nc(-c4ccccc4)nc(-c4ccc(-c5cccnc5)cc4)n3)cc2)c2ccccc12. The van der Waals surface area contributed by atoms with Crippen LogP contribution >= 0.6 is 0 Å². The number of para-hydroxylation sites is 2. The van der Waals surface area contributed by atoms with Gasteiger partial charge in [0.05, 0.1) is 5.52 Å². The molecular formula is C58H39N5. The maximum absolute atomic E-state index is 5.06. The third-order valence-electron chi connectivity index (χ3n) is 11.8. The highest BCUT2D eigenvalue weighted by atomic mass is 15.0. The van der Waals surface area contributed by atoms with Gasteiger partial charge in [-0.2, -0.15) is 0 Å².